The van der Waals surface area contributed by atoms with Gasteiger partial charge in [0.25, 0.3) is 0 Å². The molecule has 3 aromatic carbocycles. The predicted octanol–water partition coefficient (Wildman–Crippen LogP) is 5.51. The van der Waals surface area contributed by atoms with E-state index >= 15 is 0 Å². The van der Waals surface area contributed by atoms with Crippen molar-refractivity contribution >= 4 is 32.8 Å². The van der Waals surface area contributed by atoms with Crippen molar-refractivity contribution in [3.8, 4) is 11.3 Å². The van der Waals surface area contributed by atoms with Crippen molar-refractivity contribution in [2.45, 2.75) is 6.54 Å². The molecule has 0 atom stereocenters. The van der Waals surface area contributed by atoms with Gasteiger partial charge in [-0.1, -0.05) is 76.6 Å². The third-order valence-corrected chi connectivity index (χ3v) is 4.64. The highest BCUT2D eigenvalue weighted by Crippen LogP contribution is 2.27. The lowest BCUT2D eigenvalue weighted by atomic mass is 10.0. The molecule has 0 radical (unpaired) electrons. The van der Waals surface area contributed by atoms with Gasteiger partial charge in [0.05, 0.1) is 16.8 Å². The summed E-state index contributed by atoms with van der Waals surface area (Å²) in [5.74, 6) is -0.951. The molecule has 0 amide bonds. The topological polar surface area (TPSA) is 76.2 Å². The molecule has 0 saturated heterocycles. The third kappa shape index (κ3) is 4.82. The number of carbonyl (C=O) groups is 1. The average molecular weight is 435 g/mol. The molecule has 1 heterocycles. The van der Waals surface area contributed by atoms with Gasteiger partial charge in [0, 0.05) is 22.0 Å². The summed E-state index contributed by atoms with van der Waals surface area (Å²) in [7, 11) is 0. The molecular formula is C23H19BrN2O2. The highest BCUT2D eigenvalue weighted by Gasteiger charge is 2.13. The molecule has 4 nitrogen and oxygen atoms in total. The van der Waals surface area contributed by atoms with Crippen LogP contribution >= 0.6 is 15.9 Å². The summed E-state index contributed by atoms with van der Waals surface area (Å²) >= 11 is 3.36. The molecular weight excluding hydrogens is 416 g/mol. The molecule has 1 aromatic heterocycles. The summed E-state index contributed by atoms with van der Waals surface area (Å²) < 4.78 is 0.835. The number of aromatic nitrogens is 1. The van der Waals surface area contributed by atoms with E-state index in [1.54, 1.807) is 12.1 Å². The van der Waals surface area contributed by atoms with E-state index in [2.05, 4.69) is 20.9 Å². The number of hydrogen-bond acceptors (Lipinski definition) is 3. The average Bonchev–Trinajstić information content (AvgIpc) is 2.74. The van der Waals surface area contributed by atoms with Crippen LogP contribution in [0.4, 0.5) is 0 Å². The summed E-state index contributed by atoms with van der Waals surface area (Å²) in [6.45, 7) is 0.640. The zero-order valence-electron chi connectivity index (χ0n) is 15.0. The molecule has 0 saturated carbocycles. The Kier molecular flexibility index (Phi) is 6.53. The normalized spacial score (nSPS) is 10.2. The number of nitrogens with two attached hydrogens (primary N) is 1. The van der Waals surface area contributed by atoms with Gasteiger partial charge in [0.2, 0.25) is 0 Å². The zero-order valence-corrected chi connectivity index (χ0v) is 16.6. The van der Waals surface area contributed by atoms with Gasteiger partial charge in [-0.25, -0.2) is 9.78 Å². The number of benzene rings is 3. The van der Waals surface area contributed by atoms with Crippen LogP contribution in [0.2, 0.25) is 0 Å². The van der Waals surface area contributed by atoms with Gasteiger partial charge >= 0.3 is 5.97 Å². The van der Waals surface area contributed by atoms with Crippen LogP contribution < -0.4 is 5.73 Å². The number of fused-ring (bicyclic) bond motifs is 1. The first-order valence-electron chi connectivity index (χ1n) is 8.71. The fourth-order valence-electron chi connectivity index (χ4n) is 2.75. The Balaban J connectivity index is 0.000000236. The third-order valence-electron chi connectivity index (χ3n) is 4.15. The van der Waals surface area contributed by atoms with Gasteiger partial charge in [0.1, 0.15) is 0 Å². The fourth-order valence-corrected chi connectivity index (χ4v) is 3.11. The van der Waals surface area contributed by atoms with Gasteiger partial charge in [-0.15, -0.1) is 0 Å². The van der Waals surface area contributed by atoms with Crippen molar-refractivity contribution in [1.29, 1.82) is 0 Å². The van der Waals surface area contributed by atoms with Crippen molar-refractivity contribution in [2.75, 3.05) is 0 Å². The maximum Gasteiger partial charge on any atom is 0.336 e. The molecule has 0 aliphatic heterocycles. The monoisotopic (exact) mass is 434 g/mol. The largest absolute Gasteiger partial charge is 0.478 e. The smallest absolute Gasteiger partial charge is 0.336 e. The van der Waals surface area contributed by atoms with Crippen molar-refractivity contribution in [1.82, 2.24) is 4.98 Å². The summed E-state index contributed by atoms with van der Waals surface area (Å²) in [4.78, 5) is 16.0. The molecule has 5 heteroatoms. The summed E-state index contributed by atoms with van der Waals surface area (Å²) in [6, 6.07) is 26.6. The number of aromatic carboxylic acids is 1. The quantitative estimate of drug-likeness (QED) is 0.445. The maximum atomic E-state index is 11.5. The maximum absolute atomic E-state index is 11.5. The van der Waals surface area contributed by atoms with E-state index in [1.165, 1.54) is 5.56 Å². The SMILES string of the molecule is NCc1ccccc1.O=C(O)c1cc(-c2ccccc2)nc2ccc(Br)cc12. The molecule has 3 N–H and O–H groups in total. The second kappa shape index (κ2) is 9.26. The molecule has 0 fully saturated rings. The predicted molar refractivity (Wildman–Crippen MR) is 116 cm³/mol. The standard InChI is InChI=1S/C16H10BrNO2.C7H9N/c17-11-6-7-14-12(8-11)13(16(19)20)9-15(18-14)10-4-2-1-3-5-10;8-6-7-4-2-1-3-5-7/h1-9H,(H,19,20);1-5H,6,8H2. The van der Waals surface area contributed by atoms with Crippen LogP contribution in [0.1, 0.15) is 15.9 Å². The van der Waals surface area contributed by atoms with Gasteiger partial charge in [-0.2, -0.15) is 0 Å². The summed E-state index contributed by atoms with van der Waals surface area (Å²) in [5, 5.41) is 10.0. The highest BCUT2D eigenvalue weighted by atomic mass is 79.9. The number of carboxylic acids is 1. The van der Waals surface area contributed by atoms with E-state index in [1.807, 2.05) is 72.8 Å². The minimum absolute atomic E-state index is 0.259. The molecule has 4 aromatic rings. The lowest BCUT2D eigenvalue weighted by Crippen LogP contribution is -2.00. The second-order valence-corrected chi connectivity index (χ2v) is 6.99. The lowest BCUT2D eigenvalue weighted by molar-refractivity contribution is 0.0699. The second-order valence-electron chi connectivity index (χ2n) is 6.08. The van der Waals surface area contributed by atoms with E-state index in [-0.39, 0.29) is 5.56 Å². The summed E-state index contributed by atoms with van der Waals surface area (Å²) in [6.07, 6.45) is 0. The van der Waals surface area contributed by atoms with Gasteiger partial charge < -0.3 is 10.8 Å². The zero-order chi connectivity index (χ0) is 19.9. The van der Waals surface area contributed by atoms with Crippen LogP contribution in [0, 0.1) is 0 Å². The molecule has 0 aliphatic rings. The van der Waals surface area contributed by atoms with Crippen LogP contribution in [0.3, 0.4) is 0 Å². The van der Waals surface area contributed by atoms with Crippen LogP contribution in [0.15, 0.2) is 89.4 Å². The minimum Gasteiger partial charge on any atom is -0.478 e. The first-order chi connectivity index (χ1) is 13.6. The number of nitrogens with zero attached hydrogens (tertiary/aromatic N) is 1. The van der Waals surface area contributed by atoms with Gasteiger partial charge in [-0.05, 0) is 29.8 Å². The Morgan fingerprint density at radius 2 is 1.57 bits per heavy atom. The van der Waals surface area contributed by atoms with E-state index in [9.17, 15) is 9.90 Å². The lowest BCUT2D eigenvalue weighted by Gasteiger charge is -2.07. The number of rotatable bonds is 3. The first-order valence-corrected chi connectivity index (χ1v) is 9.51. The number of halogens is 1. The Morgan fingerprint density at radius 1 is 0.929 bits per heavy atom. The first kappa shape index (κ1) is 19.7. The van der Waals surface area contributed by atoms with Crippen molar-refractivity contribution in [3.05, 3.63) is 101 Å². The van der Waals surface area contributed by atoms with Crippen LogP contribution in [0.25, 0.3) is 22.2 Å². The number of carboxylic acid groups (broad SMARTS) is 1. The Morgan fingerprint density at radius 3 is 2.14 bits per heavy atom. The van der Waals surface area contributed by atoms with Crippen LogP contribution in [-0.2, 0) is 6.54 Å². The Hall–Kier alpha value is -3.02. The Bertz CT molecular complexity index is 1080. The fraction of sp³-hybridized carbons (Fsp3) is 0.0435. The van der Waals surface area contributed by atoms with Gasteiger partial charge in [-0.3, -0.25) is 0 Å². The highest BCUT2D eigenvalue weighted by molar-refractivity contribution is 9.10. The Labute approximate surface area is 171 Å². The molecule has 28 heavy (non-hydrogen) atoms. The van der Waals surface area contributed by atoms with Crippen molar-refractivity contribution < 1.29 is 9.90 Å². The van der Waals surface area contributed by atoms with E-state index in [0.29, 0.717) is 23.1 Å². The van der Waals surface area contributed by atoms with Crippen LogP contribution in [0.5, 0.6) is 0 Å². The minimum atomic E-state index is -0.951. The van der Waals surface area contributed by atoms with E-state index in [0.717, 1.165) is 10.0 Å². The number of hydrogen-bond donors (Lipinski definition) is 2. The molecule has 0 bridgehead atoms. The number of pyridine rings is 1. The summed E-state index contributed by atoms with van der Waals surface area (Å²) in [5.41, 5.74) is 9.04. The molecule has 0 unspecified atom stereocenters. The van der Waals surface area contributed by atoms with E-state index < -0.39 is 5.97 Å². The van der Waals surface area contributed by atoms with E-state index in [4.69, 9.17) is 5.73 Å². The molecule has 0 aliphatic carbocycles. The van der Waals surface area contributed by atoms with Crippen molar-refractivity contribution in [2.24, 2.45) is 5.73 Å². The van der Waals surface area contributed by atoms with Crippen molar-refractivity contribution in [3.63, 3.8) is 0 Å². The molecule has 140 valence electrons. The molecule has 4 rings (SSSR count). The van der Waals surface area contributed by atoms with Crippen LogP contribution in [-0.4, -0.2) is 16.1 Å². The van der Waals surface area contributed by atoms with Gasteiger partial charge in [0.15, 0.2) is 0 Å². The molecule has 0 spiro atoms.